The van der Waals surface area contributed by atoms with Gasteiger partial charge in [0.25, 0.3) is 0 Å². The van der Waals surface area contributed by atoms with E-state index >= 15 is 0 Å². The minimum atomic E-state index is 0.186. The van der Waals surface area contributed by atoms with Crippen LogP contribution in [0.3, 0.4) is 0 Å². The first-order chi connectivity index (χ1) is 7.62. The van der Waals surface area contributed by atoms with Crippen LogP contribution >= 0.6 is 23.2 Å². The second-order valence-corrected chi connectivity index (χ2v) is 4.55. The third kappa shape index (κ3) is 3.36. The van der Waals surface area contributed by atoms with Gasteiger partial charge in [-0.05, 0) is 36.9 Å². The third-order valence-electron chi connectivity index (χ3n) is 2.75. The fourth-order valence-electron chi connectivity index (χ4n) is 1.93. The molecule has 0 bridgehead atoms. The van der Waals surface area contributed by atoms with E-state index < -0.39 is 0 Å². The Kier molecular flexibility index (Phi) is 5.56. The van der Waals surface area contributed by atoms with Crippen LogP contribution < -0.4 is 5.73 Å². The van der Waals surface area contributed by atoms with Gasteiger partial charge in [-0.15, -0.1) is 0 Å². The Labute approximate surface area is 107 Å². The van der Waals surface area contributed by atoms with Crippen molar-refractivity contribution >= 4 is 23.2 Å². The van der Waals surface area contributed by atoms with Crippen LogP contribution in [0.25, 0.3) is 0 Å². The number of rotatable bonds is 5. The summed E-state index contributed by atoms with van der Waals surface area (Å²) in [7, 11) is 0. The van der Waals surface area contributed by atoms with Crippen molar-refractivity contribution in [2.45, 2.75) is 19.9 Å². The lowest BCUT2D eigenvalue weighted by Gasteiger charge is -2.29. The number of nitrogens with zero attached hydrogens (tertiary/aromatic N) is 1. The molecular formula is C12H18Cl2N2. The first-order valence-electron chi connectivity index (χ1n) is 5.52. The topological polar surface area (TPSA) is 29.3 Å². The first-order valence-corrected chi connectivity index (χ1v) is 6.28. The van der Waals surface area contributed by atoms with E-state index in [1.807, 2.05) is 12.1 Å². The molecule has 0 amide bonds. The number of nitrogens with two attached hydrogens (primary N) is 1. The van der Waals surface area contributed by atoms with Crippen LogP contribution in [-0.4, -0.2) is 24.5 Å². The van der Waals surface area contributed by atoms with Gasteiger partial charge in [-0.1, -0.05) is 37.0 Å². The molecule has 2 nitrogen and oxygen atoms in total. The van der Waals surface area contributed by atoms with E-state index in [1.54, 1.807) is 6.07 Å². The zero-order chi connectivity index (χ0) is 12.1. The Morgan fingerprint density at radius 3 is 2.00 bits per heavy atom. The highest BCUT2D eigenvalue weighted by Gasteiger charge is 2.16. The summed E-state index contributed by atoms with van der Waals surface area (Å²) in [5.74, 6) is 0. The van der Waals surface area contributed by atoms with E-state index in [4.69, 9.17) is 28.9 Å². The highest BCUT2D eigenvalue weighted by Crippen LogP contribution is 2.26. The molecule has 4 heteroatoms. The Morgan fingerprint density at radius 2 is 1.62 bits per heavy atom. The zero-order valence-electron chi connectivity index (χ0n) is 9.71. The monoisotopic (exact) mass is 260 g/mol. The van der Waals surface area contributed by atoms with Crippen LogP contribution in [-0.2, 0) is 0 Å². The maximum absolute atomic E-state index is 6.00. The number of hydrogen-bond donors (Lipinski definition) is 1. The molecular weight excluding hydrogens is 243 g/mol. The van der Waals surface area contributed by atoms with Gasteiger partial charge in [-0.2, -0.15) is 0 Å². The lowest BCUT2D eigenvalue weighted by atomic mass is 10.1. The van der Waals surface area contributed by atoms with Gasteiger partial charge in [0.1, 0.15) is 0 Å². The number of likely N-dealkylation sites (N-methyl/N-ethyl adjacent to an activating group) is 1. The van der Waals surface area contributed by atoms with E-state index in [1.165, 1.54) is 0 Å². The van der Waals surface area contributed by atoms with Gasteiger partial charge in [-0.25, -0.2) is 0 Å². The van der Waals surface area contributed by atoms with E-state index in [0.717, 1.165) is 18.7 Å². The minimum absolute atomic E-state index is 0.186. The maximum Gasteiger partial charge on any atom is 0.0471 e. The summed E-state index contributed by atoms with van der Waals surface area (Å²) in [6.07, 6.45) is 0. The highest BCUT2D eigenvalue weighted by molar-refractivity contribution is 6.34. The highest BCUT2D eigenvalue weighted by atomic mass is 35.5. The SMILES string of the molecule is CCN(CC)C(CN)c1cc(Cl)cc(Cl)c1. The number of benzene rings is 1. The molecule has 0 aliphatic heterocycles. The van der Waals surface area contributed by atoms with Crippen LogP contribution in [0.15, 0.2) is 18.2 Å². The standard InChI is InChI=1S/C12H18Cl2N2/c1-3-16(4-2)12(8-15)9-5-10(13)7-11(14)6-9/h5-7,12H,3-4,8,15H2,1-2H3. The van der Waals surface area contributed by atoms with Crippen molar-refractivity contribution in [2.75, 3.05) is 19.6 Å². The quantitative estimate of drug-likeness (QED) is 0.880. The Hall–Kier alpha value is -0.280. The lowest BCUT2D eigenvalue weighted by Crippen LogP contribution is -2.33. The molecule has 1 atom stereocenters. The van der Waals surface area contributed by atoms with Crippen LogP contribution in [0.4, 0.5) is 0 Å². The van der Waals surface area contributed by atoms with Crippen LogP contribution in [0.1, 0.15) is 25.5 Å². The number of hydrogen-bond acceptors (Lipinski definition) is 2. The molecule has 90 valence electrons. The van der Waals surface area contributed by atoms with Crippen molar-refractivity contribution in [1.82, 2.24) is 4.90 Å². The van der Waals surface area contributed by atoms with Crippen molar-refractivity contribution in [3.63, 3.8) is 0 Å². The average Bonchev–Trinajstić information content (AvgIpc) is 2.24. The van der Waals surface area contributed by atoms with Gasteiger partial charge in [0.15, 0.2) is 0 Å². The molecule has 0 aromatic heterocycles. The van der Waals surface area contributed by atoms with Crippen molar-refractivity contribution in [3.05, 3.63) is 33.8 Å². The van der Waals surface area contributed by atoms with Crippen molar-refractivity contribution in [3.8, 4) is 0 Å². The Bertz CT molecular complexity index is 318. The summed E-state index contributed by atoms with van der Waals surface area (Å²) < 4.78 is 0. The molecule has 0 radical (unpaired) electrons. The Morgan fingerprint density at radius 1 is 1.12 bits per heavy atom. The van der Waals surface area contributed by atoms with Gasteiger partial charge in [0.2, 0.25) is 0 Å². The van der Waals surface area contributed by atoms with Crippen LogP contribution in [0.2, 0.25) is 10.0 Å². The second-order valence-electron chi connectivity index (χ2n) is 3.68. The van der Waals surface area contributed by atoms with Gasteiger partial charge in [0, 0.05) is 22.6 Å². The zero-order valence-corrected chi connectivity index (χ0v) is 11.2. The van der Waals surface area contributed by atoms with Crippen molar-refractivity contribution < 1.29 is 0 Å². The van der Waals surface area contributed by atoms with Gasteiger partial charge in [-0.3, -0.25) is 4.90 Å². The molecule has 1 rings (SSSR count). The summed E-state index contributed by atoms with van der Waals surface area (Å²) >= 11 is 12.0. The van der Waals surface area contributed by atoms with Crippen molar-refractivity contribution in [1.29, 1.82) is 0 Å². The largest absolute Gasteiger partial charge is 0.329 e. The summed E-state index contributed by atoms with van der Waals surface area (Å²) in [5.41, 5.74) is 6.92. The predicted octanol–water partition coefficient (Wildman–Crippen LogP) is 3.34. The summed E-state index contributed by atoms with van der Waals surface area (Å²) in [6.45, 7) is 6.74. The lowest BCUT2D eigenvalue weighted by molar-refractivity contribution is 0.224. The van der Waals surface area contributed by atoms with Crippen LogP contribution in [0.5, 0.6) is 0 Å². The molecule has 1 unspecified atom stereocenters. The Balaban J connectivity index is 3.02. The number of halogens is 2. The summed E-state index contributed by atoms with van der Waals surface area (Å²) in [6, 6.07) is 5.79. The molecule has 0 fully saturated rings. The van der Waals surface area contributed by atoms with Crippen molar-refractivity contribution in [2.24, 2.45) is 5.73 Å². The smallest absolute Gasteiger partial charge is 0.0471 e. The molecule has 1 aromatic carbocycles. The summed E-state index contributed by atoms with van der Waals surface area (Å²) in [5, 5.41) is 1.32. The third-order valence-corrected chi connectivity index (χ3v) is 3.18. The molecule has 0 saturated heterocycles. The first kappa shape index (κ1) is 13.8. The molecule has 0 spiro atoms. The average molecular weight is 261 g/mol. The van der Waals surface area contributed by atoms with E-state index in [0.29, 0.717) is 16.6 Å². The molecule has 0 heterocycles. The minimum Gasteiger partial charge on any atom is -0.329 e. The maximum atomic E-state index is 6.00. The molecule has 2 N–H and O–H groups in total. The molecule has 0 saturated carbocycles. The van der Waals surface area contributed by atoms with Gasteiger partial charge < -0.3 is 5.73 Å². The normalized spacial score (nSPS) is 13.1. The fraction of sp³-hybridized carbons (Fsp3) is 0.500. The molecule has 16 heavy (non-hydrogen) atoms. The second kappa shape index (κ2) is 6.45. The van der Waals surface area contributed by atoms with E-state index in [9.17, 15) is 0 Å². The predicted molar refractivity (Wildman–Crippen MR) is 71.2 cm³/mol. The van der Waals surface area contributed by atoms with E-state index in [2.05, 4.69) is 18.7 Å². The molecule has 1 aromatic rings. The fourth-order valence-corrected chi connectivity index (χ4v) is 2.47. The van der Waals surface area contributed by atoms with Crippen LogP contribution in [0, 0.1) is 0 Å². The molecule has 0 aliphatic rings. The molecule has 0 aliphatic carbocycles. The summed E-state index contributed by atoms with van der Waals surface area (Å²) in [4.78, 5) is 2.29. The van der Waals surface area contributed by atoms with Gasteiger partial charge >= 0.3 is 0 Å². The van der Waals surface area contributed by atoms with E-state index in [-0.39, 0.29) is 6.04 Å². The van der Waals surface area contributed by atoms with Gasteiger partial charge in [0.05, 0.1) is 0 Å².